The van der Waals surface area contributed by atoms with E-state index in [1.54, 1.807) is 0 Å². The summed E-state index contributed by atoms with van der Waals surface area (Å²) in [6, 6.07) is 17.9. The Morgan fingerprint density at radius 1 is 0.625 bits per heavy atom. The standard InChI is InChI=1S/C22H20O2/c23-9-21-17-13-7-3-1-5-11(13)15-18-14-8-4-2-6-12(14)16(17)20(21)22(18,10-24)19(15)21/h1-8,15-20,23-24H,9-10H2/t15-,16-,17+,18+,19?,20?,21?,22?/m0/s1. The van der Waals surface area contributed by atoms with E-state index in [9.17, 15) is 10.2 Å². The molecule has 2 N–H and O–H groups in total. The Morgan fingerprint density at radius 3 is 1.38 bits per heavy atom. The molecule has 0 radical (unpaired) electrons. The predicted molar refractivity (Wildman–Crippen MR) is 89.9 cm³/mol. The highest BCUT2D eigenvalue weighted by atomic mass is 16.3. The van der Waals surface area contributed by atoms with E-state index >= 15 is 0 Å². The molecular weight excluding hydrogens is 296 g/mol. The molecule has 0 saturated heterocycles. The molecule has 0 unspecified atom stereocenters. The second kappa shape index (κ2) is 3.49. The van der Waals surface area contributed by atoms with Crippen LogP contribution in [0.25, 0.3) is 0 Å². The number of hydrogen-bond acceptors (Lipinski definition) is 2. The smallest absolute Gasteiger partial charge is 0.0499 e. The van der Waals surface area contributed by atoms with E-state index in [0.717, 1.165) is 0 Å². The molecule has 2 aromatic rings. The Bertz CT molecular complexity index is 832. The van der Waals surface area contributed by atoms with Crippen molar-refractivity contribution in [1.29, 1.82) is 0 Å². The largest absolute Gasteiger partial charge is 0.396 e. The highest BCUT2D eigenvalue weighted by Gasteiger charge is 2.93. The summed E-state index contributed by atoms with van der Waals surface area (Å²) in [5.74, 6) is 2.78. The van der Waals surface area contributed by atoms with Crippen molar-refractivity contribution in [3.05, 3.63) is 70.8 Å². The number of rotatable bonds is 2. The topological polar surface area (TPSA) is 40.5 Å². The van der Waals surface area contributed by atoms with Crippen LogP contribution >= 0.6 is 0 Å². The molecule has 5 aliphatic rings. The van der Waals surface area contributed by atoms with Gasteiger partial charge in [-0.15, -0.1) is 0 Å². The zero-order valence-electron chi connectivity index (χ0n) is 13.4. The minimum absolute atomic E-state index is 0.0381. The van der Waals surface area contributed by atoms with E-state index in [1.165, 1.54) is 22.3 Å². The molecule has 0 amide bonds. The van der Waals surface area contributed by atoms with Crippen LogP contribution in [0.5, 0.6) is 0 Å². The van der Waals surface area contributed by atoms with Crippen LogP contribution in [0.4, 0.5) is 0 Å². The number of hydrogen-bond donors (Lipinski definition) is 2. The lowest BCUT2D eigenvalue weighted by molar-refractivity contribution is -0.400. The Hall–Kier alpha value is -1.64. The monoisotopic (exact) mass is 316 g/mol. The zero-order chi connectivity index (χ0) is 15.8. The van der Waals surface area contributed by atoms with E-state index < -0.39 is 0 Å². The summed E-state index contributed by atoms with van der Waals surface area (Å²) in [4.78, 5) is 0. The van der Waals surface area contributed by atoms with Gasteiger partial charge in [0.15, 0.2) is 0 Å². The first-order valence-electron chi connectivity index (χ1n) is 9.21. The van der Waals surface area contributed by atoms with Gasteiger partial charge in [0.2, 0.25) is 0 Å². The Morgan fingerprint density at radius 2 is 1.00 bits per heavy atom. The van der Waals surface area contributed by atoms with Gasteiger partial charge in [0, 0.05) is 24.0 Å². The van der Waals surface area contributed by atoms with Crippen LogP contribution in [0.3, 0.4) is 0 Å². The lowest BCUT2D eigenvalue weighted by Gasteiger charge is -2.93. The third kappa shape index (κ3) is 0.857. The molecule has 3 saturated carbocycles. The number of aliphatic hydroxyl groups is 2. The van der Waals surface area contributed by atoms with Gasteiger partial charge in [0.05, 0.1) is 0 Å². The maximum absolute atomic E-state index is 10.4. The highest BCUT2D eigenvalue weighted by Crippen LogP contribution is 2.98. The first-order chi connectivity index (χ1) is 11.8. The third-order valence-electron chi connectivity index (χ3n) is 8.84. The van der Waals surface area contributed by atoms with E-state index in [4.69, 9.17) is 0 Å². The van der Waals surface area contributed by atoms with Crippen molar-refractivity contribution in [2.45, 2.75) is 23.7 Å². The maximum Gasteiger partial charge on any atom is 0.0499 e. The second-order valence-corrected chi connectivity index (χ2v) is 8.76. The third-order valence-corrected chi connectivity index (χ3v) is 8.84. The fraction of sp³-hybridized carbons (Fsp3) is 0.455. The molecule has 2 nitrogen and oxygen atoms in total. The lowest BCUT2D eigenvalue weighted by Crippen LogP contribution is -2.89. The summed E-state index contributed by atoms with van der Waals surface area (Å²) >= 11 is 0. The Kier molecular flexibility index (Phi) is 1.85. The molecule has 4 atom stereocenters. The average molecular weight is 316 g/mol. The first-order valence-corrected chi connectivity index (χ1v) is 9.21. The number of aliphatic hydroxyl groups excluding tert-OH is 2. The summed E-state index contributed by atoms with van der Waals surface area (Å²) in [7, 11) is 0. The van der Waals surface area contributed by atoms with Crippen LogP contribution < -0.4 is 0 Å². The lowest BCUT2D eigenvalue weighted by atomic mass is 9.10. The van der Waals surface area contributed by atoms with Crippen molar-refractivity contribution in [3.8, 4) is 0 Å². The molecule has 24 heavy (non-hydrogen) atoms. The molecule has 0 heterocycles. The molecule has 7 rings (SSSR count). The molecule has 0 aliphatic heterocycles. The number of benzene rings is 2. The van der Waals surface area contributed by atoms with E-state index in [0.29, 0.717) is 35.5 Å². The molecule has 5 aliphatic carbocycles. The molecule has 2 aromatic carbocycles. The summed E-state index contributed by atoms with van der Waals surface area (Å²) < 4.78 is 0. The van der Waals surface area contributed by atoms with Gasteiger partial charge in [-0.25, -0.2) is 0 Å². The van der Waals surface area contributed by atoms with E-state index in [-0.39, 0.29) is 24.0 Å². The van der Waals surface area contributed by atoms with E-state index in [2.05, 4.69) is 48.5 Å². The zero-order valence-corrected chi connectivity index (χ0v) is 13.4. The van der Waals surface area contributed by atoms with Gasteiger partial charge in [-0.05, 0) is 57.8 Å². The van der Waals surface area contributed by atoms with Crippen molar-refractivity contribution in [3.63, 3.8) is 0 Å². The van der Waals surface area contributed by atoms with Crippen molar-refractivity contribution < 1.29 is 10.2 Å². The fourth-order valence-corrected chi connectivity index (χ4v) is 8.69. The summed E-state index contributed by atoms with van der Waals surface area (Å²) in [6.45, 7) is 0.565. The maximum atomic E-state index is 10.4. The van der Waals surface area contributed by atoms with E-state index in [1.807, 2.05) is 0 Å². The van der Waals surface area contributed by atoms with Gasteiger partial charge in [-0.1, -0.05) is 48.5 Å². The molecular formula is C22H20O2. The van der Waals surface area contributed by atoms with Crippen LogP contribution in [-0.4, -0.2) is 23.4 Å². The molecule has 0 aromatic heterocycles. The van der Waals surface area contributed by atoms with Crippen LogP contribution in [0.1, 0.15) is 45.9 Å². The normalized spacial score (nSPS) is 49.9. The molecule has 120 valence electrons. The predicted octanol–water partition coefficient (Wildman–Crippen LogP) is 2.98. The van der Waals surface area contributed by atoms with Crippen LogP contribution in [-0.2, 0) is 0 Å². The minimum atomic E-state index is 0.0381. The van der Waals surface area contributed by atoms with Gasteiger partial charge in [0.1, 0.15) is 0 Å². The Balaban J connectivity index is 1.61. The average Bonchev–Trinajstić information content (AvgIpc) is 2.57. The number of fused-ring (bicyclic) bond motifs is 8. The second-order valence-electron chi connectivity index (χ2n) is 8.76. The highest BCUT2D eigenvalue weighted by molar-refractivity contribution is 5.65. The molecule has 0 spiro atoms. The minimum Gasteiger partial charge on any atom is -0.396 e. The van der Waals surface area contributed by atoms with Gasteiger partial charge in [0.25, 0.3) is 0 Å². The van der Waals surface area contributed by atoms with Crippen LogP contribution in [0, 0.1) is 22.7 Å². The Labute approximate surface area is 141 Å². The van der Waals surface area contributed by atoms with Crippen LogP contribution in [0.2, 0.25) is 0 Å². The first kappa shape index (κ1) is 12.7. The van der Waals surface area contributed by atoms with Crippen molar-refractivity contribution in [2.24, 2.45) is 22.7 Å². The van der Waals surface area contributed by atoms with Gasteiger partial charge < -0.3 is 10.2 Å². The summed E-state index contributed by atoms with van der Waals surface area (Å²) in [5, 5.41) is 20.9. The van der Waals surface area contributed by atoms with Gasteiger partial charge >= 0.3 is 0 Å². The molecule has 3 fully saturated rings. The van der Waals surface area contributed by atoms with Gasteiger partial charge in [-0.2, -0.15) is 0 Å². The van der Waals surface area contributed by atoms with Gasteiger partial charge in [-0.3, -0.25) is 0 Å². The van der Waals surface area contributed by atoms with Crippen molar-refractivity contribution in [1.82, 2.24) is 0 Å². The molecule has 0 bridgehead atoms. The van der Waals surface area contributed by atoms with Crippen molar-refractivity contribution in [2.75, 3.05) is 13.2 Å². The molecule has 2 heteroatoms. The summed E-state index contributed by atoms with van der Waals surface area (Å²) in [5.41, 5.74) is 6.05. The summed E-state index contributed by atoms with van der Waals surface area (Å²) in [6.07, 6.45) is 0. The van der Waals surface area contributed by atoms with Crippen LogP contribution in [0.15, 0.2) is 48.5 Å². The quantitative estimate of drug-likeness (QED) is 0.894. The van der Waals surface area contributed by atoms with Crippen molar-refractivity contribution >= 4 is 0 Å². The SMILES string of the molecule is OCC12C3[C@H]4c5ccccc5[C@@H]5[C@H](c6ccccc6[C@H]41)C2C35CO. The fourth-order valence-electron chi connectivity index (χ4n) is 8.69.